The lowest BCUT2D eigenvalue weighted by Crippen LogP contribution is -1.99. The van der Waals surface area contributed by atoms with Crippen LogP contribution in [-0.4, -0.2) is 4.92 Å². The third-order valence-corrected chi connectivity index (χ3v) is 3.87. The van der Waals surface area contributed by atoms with Crippen molar-refractivity contribution in [3.8, 4) is 0 Å². The van der Waals surface area contributed by atoms with Crippen molar-refractivity contribution in [3.05, 3.63) is 75.1 Å². The summed E-state index contributed by atoms with van der Waals surface area (Å²) in [6.45, 7) is 1.84. The number of hydrogen-bond acceptors (Lipinski definition) is 2. The summed E-state index contributed by atoms with van der Waals surface area (Å²) in [5.74, 6) is -0.242. The molecule has 5 heteroatoms. The summed E-state index contributed by atoms with van der Waals surface area (Å²) in [7, 11) is 0. The van der Waals surface area contributed by atoms with Crippen molar-refractivity contribution in [2.24, 2.45) is 0 Å². The molecule has 2 rings (SSSR count). The summed E-state index contributed by atoms with van der Waals surface area (Å²) in [4.78, 5) is 9.98. The molecule has 0 aliphatic rings. The lowest BCUT2D eigenvalue weighted by Gasteiger charge is -2.12. The molecule has 104 valence electrons. The van der Waals surface area contributed by atoms with Gasteiger partial charge < -0.3 is 0 Å². The van der Waals surface area contributed by atoms with Crippen LogP contribution in [0.5, 0.6) is 0 Å². The number of non-ortho nitro benzene ring substituents is 1. The van der Waals surface area contributed by atoms with Crippen LogP contribution < -0.4 is 0 Å². The quantitative estimate of drug-likeness (QED) is 0.460. The fraction of sp³-hybridized carbons (Fsp3) is 0.200. The molecule has 20 heavy (non-hydrogen) atoms. The molecule has 1 atom stereocenters. The van der Waals surface area contributed by atoms with Crippen molar-refractivity contribution in [3.63, 3.8) is 0 Å². The Bertz CT molecular complexity index is 628. The monoisotopic (exact) mass is 337 g/mol. The van der Waals surface area contributed by atoms with Gasteiger partial charge in [0.2, 0.25) is 0 Å². The van der Waals surface area contributed by atoms with Crippen LogP contribution in [0.25, 0.3) is 0 Å². The summed E-state index contributed by atoms with van der Waals surface area (Å²) in [6, 6.07) is 11.4. The third kappa shape index (κ3) is 3.42. The predicted octanol–water partition coefficient (Wildman–Crippen LogP) is 4.72. The number of alkyl halides is 1. The molecule has 0 amide bonds. The molecular formula is C15H13BrFNO2. The summed E-state index contributed by atoms with van der Waals surface area (Å²) >= 11 is 3.47. The maximum absolute atomic E-state index is 13.9. The maximum atomic E-state index is 13.9. The van der Waals surface area contributed by atoms with Gasteiger partial charge in [-0.2, -0.15) is 0 Å². The van der Waals surface area contributed by atoms with Crippen LogP contribution in [0.1, 0.15) is 21.5 Å². The molecule has 2 aromatic carbocycles. The molecule has 0 spiro atoms. The molecule has 0 saturated heterocycles. The molecule has 0 aliphatic heterocycles. The first-order valence-corrected chi connectivity index (χ1v) is 7.02. The van der Waals surface area contributed by atoms with E-state index in [0.717, 1.165) is 11.1 Å². The predicted molar refractivity (Wildman–Crippen MR) is 79.6 cm³/mol. The molecule has 0 saturated carbocycles. The number of hydrogen-bond donors (Lipinski definition) is 0. The Hall–Kier alpha value is -1.75. The van der Waals surface area contributed by atoms with Crippen LogP contribution >= 0.6 is 15.9 Å². The van der Waals surface area contributed by atoms with Crippen LogP contribution in [-0.2, 0) is 6.42 Å². The summed E-state index contributed by atoms with van der Waals surface area (Å²) in [5, 5.41) is 10.6. The molecule has 0 bridgehead atoms. The van der Waals surface area contributed by atoms with Crippen LogP contribution in [0.4, 0.5) is 10.1 Å². The van der Waals surface area contributed by atoms with Crippen molar-refractivity contribution < 1.29 is 9.31 Å². The number of benzene rings is 2. The zero-order valence-electron chi connectivity index (χ0n) is 10.8. The minimum absolute atomic E-state index is 0.0568. The van der Waals surface area contributed by atoms with E-state index in [9.17, 15) is 14.5 Å². The fourth-order valence-corrected chi connectivity index (χ4v) is 2.70. The molecule has 0 fully saturated rings. The first-order chi connectivity index (χ1) is 9.47. The van der Waals surface area contributed by atoms with Crippen molar-refractivity contribution in [1.82, 2.24) is 0 Å². The highest BCUT2D eigenvalue weighted by atomic mass is 79.9. The van der Waals surface area contributed by atoms with E-state index in [0.29, 0.717) is 12.0 Å². The van der Waals surface area contributed by atoms with E-state index in [2.05, 4.69) is 15.9 Å². The highest BCUT2D eigenvalue weighted by molar-refractivity contribution is 9.09. The van der Waals surface area contributed by atoms with Crippen molar-refractivity contribution in [1.29, 1.82) is 0 Å². The molecule has 0 N–H and O–H groups in total. The number of aryl methyl sites for hydroxylation is 1. The molecule has 1 unspecified atom stereocenters. The Balaban J connectivity index is 2.14. The molecule has 0 aliphatic carbocycles. The minimum Gasteiger partial charge on any atom is -0.258 e. The smallest absolute Gasteiger partial charge is 0.258 e. The van der Waals surface area contributed by atoms with Gasteiger partial charge in [0.25, 0.3) is 5.69 Å². The summed E-state index contributed by atoms with van der Waals surface area (Å²) < 4.78 is 13.9. The molecule has 3 nitrogen and oxygen atoms in total. The van der Waals surface area contributed by atoms with Gasteiger partial charge in [0.1, 0.15) is 5.82 Å². The Labute approximate surface area is 124 Å². The van der Waals surface area contributed by atoms with Gasteiger partial charge >= 0.3 is 0 Å². The average Bonchev–Trinajstić information content (AvgIpc) is 2.39. The van der Waals surface area contributed by atoms with Crippen LogP contribution in [0, 0.1) is 22.9 Å². The van der Waals surface area contributed by atoms with Crippen molar-refractivity contribution in [2.75, 3.05) is 0 Å². The lowest BCUT2D eigenvalue weighted by molar-refractivity contribution is -0.384. The Morgan fingerprint density at radius 2 is 1.90 bits per heavy atom. The number of nitrogens with zero attached hydrogens (tertiary/aromatic N) is 1. The fourth-order valence-electron chi connectivity index (χ4n) is 1.96. The minimum atomic E-state index is -0.435. The van der Waals surface area contributed by atoms with E-state index in [1.807, 2.05) is 13.0 Å². The summed E-state index contributed by atoms with van der Waals surface area (Å²) in [6.07, 6.45) is 0.567. The first-order valence-electron chi connectivity index (χ1n) is 6.11. The van der Waals surface area contributed by atoms with Crippen molar-refractivity contribution >= 4 is 21.6 Å². The lowest BCUT2D eigenvalue weighted by atomic mass is 10.0. The largest absolute Gasteiger partial charge is 0.269 e. The van der Waals surface area contributed by atoms with Crippen LogP contribution in [0.3, 0.4) is 0 Å². The van der Waals surface area contributed by atoms with Gasteiger partial charge in [-0.05, 0) is 30.5 Å². The van der Waals surface area contributed by atoms with E-state index < -0.39 is 4.92 Å². The highest BCUT2D eigenvalue weighted by Gasteiger charge is 2.14. The summed E-state index contributed by atoms with van der Waals surface area (Å²) in [5.41, 5.74) is 2.44. The van der Waals surface area contributed by atoms with Gasteiger partial charge in [0.15, 0.2) is 0 Å². The maximum Gasteiger partial charge on any atom is 0.269 e. The highest BCUT2D eigenvalue weighted by Crippen LogP contribution is 2.30. The van der Waals surface area contributed by atoms with E-state index in [1.165, 1.54) is 18.2 Å². The molecular weight excluding hydrogens is 325 g/mol. The number of nitro benzene ring substituents is 1. The van der Waals surface area contributed by atoms with E-state index in [-0.39, 0.29) is 16.3 Å². The topological polar surface area (TPSA) is 43.1 Å². The standard InChI is InChI=1S/C15H13BrFNO2/c1-10-2-7-13(15(17)8-10)14(16)9-11-3-5-12(6-4-11)18(19)20/h2-8,14H,9H2,1H3. The van der Waals surface area contributed by atoms with Gasteiger partial charge in [-0.15, -0.1) is 0 Å². The average molecular weight is 338 g/mol. The molecule has 0 heterocycles. The Kier molecular flexibility index (Phi) is 4.49. The number of halogens is 2. The van der Waals surface area contributed by atoms with E-state index in [1.54, 1.807) is 18.2 Å². The number of nitro groups is 1. The zero-order chi connectivity index (χ0) is 14.7. The van der Waals surface area contributed by atoms with Gasteiger partial charge in [0.05, 0.1) is 4.92 Å². The van der Waals surface area contributed by atoms with Crippen molar-refractivity contribution in [2.45, 2.75) is 18.2 Å². The Morgan fingerprint density at radius 3 is 2.45 bits per heavy atom. The number of rotatable bonds is 4. The normalized spacial score (nSPS) is 12.2. The van der Waals surface area contributed by atoms with Gasteiger partial charge in [0, 0.05) is 22.5 Å². The van der Waals surface area contributed by atoms with Crippen LogP contribution in [0.2, 0.25) is 0 Å². The third-order valence-electron chi connectivity index (χ3n) is 3.06. The van der Waals surface area contributed by atoms with E-state index in [4.69, 9.17) is 0 Å². The van der Waals surface area contributed by atoms with Gasteiger partial charge in [-0.3, -0.25) is 10.1 Å². The molecule has 2 aromatic rings. The Morgan fingerprint density at radius 1 is 1.25 bits per heavy atom. The first kappa shape index (κ1) is 14.7. The van der Waals surface area contributed by atoms with Gasteiger partial charge in [-0.25, -0.2) is 4.39 Å². The van der Waals surface area contributed by atoms with E-state index >= 15 is 0 Å². The van der Waals surface area contributed by atoms with Gasteiger partial charge in [-0.1, -0.05) is 40.2 Å². The molecule has 0 radical (unpaired) electrons. The second-order valence-electron chi connectivity index (χ2n) is 4.62. The van der Waals surface area contributed by atoms with Crippen LogP contribution in [0.15, 0.2) is 42.5 Å². The molecule has 0 aromatic heterocycles. The SMILES string of the molecule is Cc1ccc(C(Br)Cc2ccc([N+](=O)[O-])cc2)c(F)c1. The second kappa shape index (κ2) is 6.13. The zero-order valence-corrected chi connectivity index (χ0v) is 12.4. The second-order valence-corrected chi connectivity index (χ2v) is 5.73.